The molecule has 0 saturated heterocycles. The molecule has 0 unspecified atom stereocenters. The van der Waals surface area contributed by atoms with Crippen LogP contribution in [0, 0.1) is 10.1 Å². The molecule has 1 heterocycles. The summed E-state index contributed by atoms with van der Waals surface area (Å²) in [4.78, 5) is 23.8. The number of rotatable bonds is 4. The minimum absolute atomic E-state index is 0.160. The number of nitro groups is 1. The van der Waals surface area contributed by atoms with Crippen molar-refractivity contribution in [3.63, 3.8) is 0 Å². The Morgan fingerprint density at radius 1 is 1.71 bits per heavy atom. The van der Waals surface area contributed by atoms with E-state index < -0.39 is 10.8 Å². The maximum absolute atomic E-state index is 10.5. The highest BCUT2D eigenvalue weighted by molar-refractivity contribution is 5.79. The van der Waals surface area contributed by atoms with E-state index in [1.54, 1.807) is 0 Å². The van der Waals surface area contributed by atoms with Crippen molar-refractivity contribution < 1.29 is 9.72 Å². The fraction of sp³-hybridized carbons (Fsp3) is 0.143. The van der Waals surface area contributed by atoms with E-state index in [2.05, 4.69) is 10.3 Å². The molecule has 74 valence electrons. The highest BCUT2D eigenvalue weighted by Gasteiger charge is 2.13. The summed E-state index contributed by atoms with van der Waals surface area (Å²) in [6, 6.07) is 2.98. The second-order valence-electron chi connectivity index (χ2n) is 2.45. The first-order valence-electron chi connectivity index (χ1n) is 3.73. The molecule has 0 aliphatic heterocycles. The Morgan fingerprint density at radius 3 is 3.00 bits per heavy atom. The Hall–Kier alpha value is -2.18. The number of nitrogens with zero attached hydrogens (tertiary/aromatic N) is 2. The number of primary amides is 1. The van der Waals surface area contributed by atoms with Gasteiger partial charge in [0.2, 0.25) is 5.91 Å². The molecule has 0 bridgehead atoms. The van der Waals surface area contributed by atoms with Gasteiger partial charge in [-0.15, -0.1) is 0 Å². The first-order chi connectivity index (χ1) is 6.61. The summed E-state index contributed by atoms with van der Waals surface area (Å²) in [5.41, 5.74) is 5.05. The van der Waals surface area contributed by atoms with Crippen LogP contribution in [-0.4, -0.2) is 22.4 Å². The minimum Gasteiger partial charge on any atom is -0.369 e. The molecule has 1 amide bonds. The Bertz CT molecular complexity index is 366. The zero-order valence-corrected chi connectivity index (χ0v) is 7.14. The van der Waals surface area contributed by atoms with Gasteiger partial charge in [0.1, 0.15) is 11.9 Å². The van der Waals surface area contributed by atoms with Crippen LogP contribution in [-0.2, 0) is 4.79 Å². The number of aromatic nitrogens is 1. The zero-order chi connectivity index (χ0) is 10.6. The van der Waals surface area contributed by atoms with E-state index in [0.717, 1.165) is 0 Å². The van der Waals surface area contributed by atoms with Gasteiger partial charge in [0.05, 0.1) is 6.54 Å². The van der Waals surface area contributed by atoms with Gasteiger partial charge in [-0.05, 0) is 22.0 Å². The first kappa shape index (κ1) is 9.90. The maximum Gasteiger partial charge on any atom is 0.386 e. The van der Waals surface area contributed by atoms with E-state index in [-0.39, 0.29) is 18.1 Å². The number of carbonyl (C=O) groups is 1. The third-order valence-electron chi connectivity index (χ3n) is 1.41. The lowest BCUT2D eigenvalue weighted by atomic mass is 10.4. The standard InChI is InChI=1S/C7H8N4O3/c8-6(12)4-10-5-2-1-3-9-7(5)11(13)14/h1-3,10H,4H2,(H2,8,12). The smallest absolute Gasteiger partial charge is 0.369 e. The van der Waals surface area contributed by atoms with E-state index in [4.69, 9.17) is 5.73 Å². The van der Waals surface area contributed by atoms with E-state index in [9.17, 15) is 14.9 Å². The molecular formula is C7H8N4O3. The molecule has 0 radical (unpaired) electrons. The zero-order valence-electron chi connectivity index (χ0n) is 7.14. The van der Waals surface area contributed by atoms with Gasteiger partial charge in [-0.25, -0.2) is 0 Å². The number of carbonyl (C=O) groups excluding carboxylic acids is 1. The van der Waals surface area contributed by atoms with E-state index >= 15 is 0 Å². The number of nitrogens with one attached hydrogen (secondary N) is 1. The number of pyridine rings is 1. The summed E-state index contributed by atoms with van der Waals surface area (Å²) in [5.74, 6) is -0.920. The molecule has 0 aromatic carbocycles. The van der Waals surface area contributed by atoms with Crippen LogP contribution in [0.2, 0.25) is 0 Å². The van der Waals surface area contributed by atoms with Gasteiger partial charge in [0.25, 0.3) is 0 Å². The van der Waals surface area contributed by atoms with E-state index in [0.29, 0.717) is 0 Å². The summed E-state index contributed by atoms with van der Waals surface area (Å²) in [5, 5.41) is 13.0. The molecule has 7 nitrogen and oxygen atoms in total. The van der Waals surface area contributed by atoms with Crippen LogP contribution in [0.1, 0.15) is 0 Å². The summed E-state index contributed by atoms with van der Waals surface area (Å²) in [6.07, 6.45) is 1.30. The number of nitrogens with two attached hydrogens (primary N) is 1. The van der Waals surface area contributed by atoms with Gasteiger partial charge in [0, 0.05) is 0 Å². The van der Waals surface area contributed by atoms with Crippen LogP contribution in [0.4, 0.5) is 11.5 Å². The summed E-state index contributed by atoms with van der Waals surface area (Å²) >= 11 is 0. The monoisotopic (exact) mass is 196 g/mol. The van der Waals surface area contributed by atoms with Crippen LogP contribution in [0.25, 0.3) is 0 Å². The van der Waals surface area contributed by atoms with Crippen molar-refractivity contribution in [2.75, 3.05) is 11.9 Å². The molecule has 0 aliphatic carbocycles. The quantitative estimate of drug-likeness (QED) is 0.515. The second kappa shape index (κ2) is 4.17. The third-order valence-corrected chi connectivity index (χ3v) is 1.41. The Labute approximate surface area is 79.1 Å². The first-order valence-corrected chi connectivity index (χ1v) is 3.73. The highest BCUT2D eigenvalue weighted by Crippen LogP contribution is 2.19. The van der Waals surface area contributed by atoms with Gasteiger partial charge < -0.3 is 21.2 Å². The normalized spacial score (nSPS) is 9.43. The van der Waals surface area contributed by atoms with Gasteiger partial charge in [-0.3, -0.25) is 4.79 Å². The van der Waals surface area contributed by atoms with Gasteiger partial charge in [-0.2, -0.15) is 0 Å². The molecule has 14 heavy (non-hydrogen) atoms. The van der Waals surface area contributed by atoms with E-state index in [1.165, 1.54) is 18.3 Å². The Kier molecular flexibility index (Phi) is 2.95. The maximum atomic E-state index is 10.5. The number of anilines is 1. The molecule has 0 saturated carbocycles. The van der Waals surface area contributed by atoms with Crippen molar-refractivity contribution in [2.45, 2.75) is 0 Å². The lowest BCUT2D eigenvalue weighted by Crippen LogP contribution is -2.22. The van der Waals surface area contributed by atoms with Gasteiger partial charge >= 0.3 is 5.82 Å². The van der Waals surface area contributed by atoms with Crippen LogP contribution in [0.3, 0.4) is 0 Å². The topological polar surface area (TPSA) is 111 Å². The lowest BCUT2D eigenvalue weighted by molar-refractivity contribution is -0.388. The summed E-state index contributed by atoms with van der Waals surface area (Å²) < 4.78 is 0. The van der Waals surface area contributed by atoms with Crippen molar-refractivity contribution in [2.24, 2.45) is 5.73 Å². The van der Waals surface area contributed by atoms with Crippen LogP contribution in [0.15, 0.2) is 18.3 Å². The van der Waals surface area contributed by atoms with Crippen molar-refractivity contribution in [3.05, 3.63) is 28.4 Å². The van der Waals surface area contributed by atoms with E-state index in [1.807, 2.05) is 0 Å². The molecule has 0 fully saturated rings. The van der Waals surface area contributed by atoms with Crippen LogP contribution in [0.5, 0.6) is 0 Å². The second-order valence-corrected chi connectivity index (χ2v) is 2.45. The largest absolute Gasteiger partial charge is 0.386 e. The molecule has 7 heteroatoms. The van der Waals surface area contributed by atoms with Crippen molar-refractivity contribution >= 4 is 17.4 Å². The SMILES string of the molecule is NC(=O)CNc1cccnc1[N+](=O)[O-]. The predicted molar refractivity (Wildman–Crippen MR) is 48.6 cm³/mol. The molecule has 1 aromatic rings. The Morgan fingerprint density at radius 2 is 2.43 bits per heavy atom. The van der Waals surface area contributed by atoms with Crippen molar-refractivity contribution in [1.29, 1.82) is 0 Å². The molecule has 0 aliphatic rings. The Balaban J connectivity index is 2.84. The average Bonchev–Trinajstić information content (AvgIpc) is 2.15. The summed E-state index contributed by atoms with van der Waals surface area (Å²) in [7, 11) is 0. The van der Waals surface area contributed by atoms with Gasteiger partial charge in [-0.1, -0.05) is 0 Å². The lowest BCUT2D eigenvalue weighted by Gasteiger charge is -2.02. The molecule has 0 atom stereocenters. The minimum atomic E-state index is -0.636. The predicted octanol–water partition coefficient (Wildman–Crippen LogP) is -0.113. The molecule has 1 rings (SSSR count). The fourth-order valence-electron chi connectivity index (χ4n) is 0.863. The highest BCUT2D eigenvalue weighted by atomic mass is 16.6. The molecule has 3 N–H and O–H groups in total. The van der Waals surface area contributed by atoms with Crippen LogP contribution >= 0.6 is 0 Å². The number of amides is 1. The fourth-order valence-corrected chi connectivity index (χ4v) is 0.863. The molecular weight excluding hydrogens is 188 g/mol. The molecule has 1 aromatic heterocycles. The van der Waals surface area contributed by atoms with Crippen molar-refractivity contribution in [3.8, 4) is 0 Å². The van der Waals surface area contributed by atoms with Crippen LogP contribution < -0.4 is 11.1 Å². The van der Waals surface area contributed by atoms with Gasteiger partial charge in [0.15, 0.2) is 0 Å². The number of hydrogen-bond donors (Lipinski definition) is 2. The number of hydrogen-bond acceptors (Lipinski definition) is 5. The van der Waals surface area contributed by atoms with Crippen molar-refractivity contribution in [1.82, 2.24) is 4.98 Å². The average molecular weight is 196 g/mol. The summed E-state index contributed by atoms with van der Waals surface area (Å²) in [6.45, 7) is -0.160. The molecule has 0 spiro atoms. The third kappa shape index (κ3) is 2.41.